The summed E-state index contributed by atoms with van der Waals surface area (Å²) in [5, 5.41) is 13.3. The van der Waals surface area contributed by atoms with Gasteiger partial charge in [0, 0.05) is 17.0 Å². The molecule has 1 saturated heterocycles. The van der Waals surface area contributed by atoms with E-state index in [0.717, 1.165) is 5.69 Å². The highest BCUT2D eigenvalue weighted by atomic mass is 16.4. The molecule has 7 nitrogen and oxygen atoms in total. The first kappa shape index (κ1) is 23.0. The number of carboxylic acid groups (broad SMARTS) is 1. The Morgan fingerprint density at radius 3 is 2.33 bits per heavy atom. The van der Waals surface area contributed by atoms with Crippen molar-refractivity contribution in [3.63, 3.8) is 0 Å². The van der Waals surface area contributed by atoms with E-state index >= 15 is 0 Å². The maximum atomic E-state index is 14.0. The fourth-order valence-electron chi connectivity index (χ4n) is 5.30. The van der Waals surface area contributed by atoms with E-state index in [-0.39, 0.29) is 23.7 Å². The molecule has 2 aliphatic rings. The predicted molar refractivity (Wildman–Crippen MR) is 123 cm³/mol. The van der Waals surface area contributed by atoms with Crippen LogP contribution in [0, 0.1) is 25.7 Å². The van der Waals surface area contributed by atoms with Gasteiger partial charge in [0.1, 0.15) is 12.1 Å². The van der Waals surface area contributed by atoms with Crippen LogP contribution < -0.4 is 5.32 Å². The predicted octanol–water partition coefficient (Wildman–Crippen LogP) is 2.98. The number of aromatic nitrogens is 1. The molecule has 2 N–H and O–H groups in total. The normalized spacial score (nSPS) is 22.6. The van der Waals surface area contributed by atoms with E-state index < -0.39 is 24.1 Å². The highest BCUT2D eigenvalue weighted by molar-refractivity contribution is 5.99. The topological polar surface area (TPSA) is 99.6 Å². The van der Waals surface area contributed by atoms with E-state index in [9.17, 15) is 19.5 Å². The summed E-state index contributed by atoms with van der Waals surface area (Å²) in [6.45, 7) is 7.40. The summed E-state index contributed by atoms with van der Waals surface area (Å²) in [7, 11) is 0. The van der Waals surface area contributed by atoms with E-state index in [2.05, 4.69) is 10.3 Å². The van der Waals surface area contributed by atoms with Crippen molar-refractivity contribution < 1.29 is 19.5 Å². The van der Waals surface area contributed by atoms with Crippen LogP contribution in [-0.4, -0.2) is 44.9 Å². The molecule has 4 rings (SSSR count). The monoisotopic (exact) mass is 449 g/mol. The molecule has 0 saturated carbocycles. The summed E-state index contributed by atoms with van der Waals surface area (Å²) in [4.78, 5) is 45.7. The van der Waals surface area contributed by atoms with Crippen LogP contribution in [0.25, 0.3) is 0 Å². The number of aliphatic carboxylic acids is 1. The van der Waals surface area contributed by atoms with Gasteiger partial charge < -0.3 is 15.3 Å². The van der Waals surface area contributed by atoms with Gasteiger partial charge in [0.25, 0.3) is 0 Å². The number of carbonyl (C=O) groups is 3. The van der Waals surface area contributed by atoms with Crippen LogP contribution in [0.4, 0.5) is 0 Å². The van der Waals surface area contributed by atoms with E-state index in [4.69, 9.17) is 0 Å². The number of rotatable bonds is 6. The Hall–Kier alpha value is -3.22. The first-order valence-corrected chi connectivity index (χ1v) is 11.6. The molecule has 174 valence electrons. The van der Waals surface area contributed by atoms with Gasteiger partial charge in [-0.2, -0.15) is 0 Å². The van der Waals surface area contributed by atoms with Crippen LogP contribution in [0.2, 0.25) is 0 Å². The zero-order valence-corrected chi connectivity index (χ0v) is 19.5. The number of fused-ring (bicyclic) bond motifs is 1. The molecular weight excluding hydrogens is 418 g/mol. The summed E-state index contributed by atoms with van der Waals surface area (Å²) in [6.07, 6.45) is 1.99. The molecule has 0 radical (unpaired) electrons. The van der Waals surface area contributed by atoms with Gasteiger partial charge in [0.05, 0.1) is 0 Å². The summed E-state index contributed by atoms with van der Waals surface area (Å²) in [5.74, 6) is -2.07. The lowest BCUT2D eigenvalue weighted by Gasteiger charge is -2.45. The van der Waals surface area contributed by atoms with Crippen molar-refractivity contribution in [1.82, 2.24) is 15.2 Å². The van der Waals surface area contributed by atoms with Crippen LogP contribution in [0.3, 0.4) is 0 Å². The lowest BCUT2D eigenvalue weighted by Crippen LogP contribution is -2.68. The Bertz CT molecular complexity index is 1070. The maximum Gasteiger partial charge on any atom is 0.331 e. The molecule has 0 bridgehead atoms. The number of hydrogen-bond acceptors (Lipinski definition) is 4. The number of piperazine rings is 1. The Morgan fingerprint density at radius 2 is 1.79 bits per heavy atom. The molecule has 2 aromatic rings. The number of nitrogens with zero attached hydrogens (tertiary/aromatic N) is 2. The molecule has 1 aliphatic carbocycles. The van der Waals surface area contributed by atoms with Crippen LogP contribution >= 0.6 is 0 Å². The van der Waals surface area contributed by atoms with E-state index in [1.165, 1.54) is 16.0 Å². The SMILES string of the molecule is CCC(C)[C@@H]1C(=O)N[C@H](C2Cc3ccccc3C2)C(=O)N1C(C(=O)O)c1ccc(C)nc1C. The van der Waals surface area contributed by atoms with Crippen LogP contribution in [0.15, 0.2) is 36.4 Å². The number of carbonyl (C=O) groups excluding carboxylic acids is 2. The minimum absolute atomic E-state index is 0.106. The molecule has 4 atom stereocenters. The second-order valence-electron chi connectivity index (χ2n) is 9.37. The quantitative estimate of drug-likeness (QED) is 0.706. The van der Waals surface area contributed by atoms with Gasteiger partial charge >= 0.3 is 5.97 Å². The van der Waals surface area contributed by atoms with Gasteiger partial charge in [0.15, 0.2) is 6.04 Å². The van der Waals surface area contributed by atoms with Gasteiger partial charge in [-0.1, -0.05) is 50.6 Å². The largest absolute Gasteiger partial charge is 0.479 e. The number of nitrogens with one attached hydrogen (secondary N) is 1. The molecule has 33 heavy (non-hydrogen) atoms. The van der Waals surface area contributed by atoms with Crippen molar-refractivity contribution in [2.75, 3.05) is 0 Å². The van der Waals surface area contributed by atoms with Crippen molar-refractivity contribution in [2.45, 2.75) is 65.1 Å². The standard InChI is InChI=1S/C26H31N3O4/c1-5-14(2)22-24(30)28-21(19-12-17-8-6-7-9-18(17)13-19)25(31)29(22)23(26(32)33)20-11-10-15(3)27-16(20)4/h6-11,14,19,21-23H,5,12-13H2,1-4H3,(H,28,30)(H,32,33)/t14?,21-,22-,23?/m1/s1. The highest BCUT2D eigenvalue weighted by Gasteiger charge is 2.51. The molecule has 7 heteroatoms. The Labute approximate surface area is 194 Å². The minimum Gasteiger partial charge on any atom is -0.479 e. The third-order valence-corrected chi connectivity index (χ3v) is 7.20. The molecule has 1 fully saturated rings. The van der Waals surface area contributed by atoms with Crippen molar-refractivity contribution in [1.29, 1.82) is 0 Å². The average Bonchev–Trinajstić information content (AvgIpc) is 3.20. The van der Waals surface area contributed by atoms with Crippen LogP contribution in [-0.2, 0) is 27.2 Å². The van der Waals surface area contributed by atoms with Gasteiger partial charge in [0.2, 0.25) is 11.8 Å². The lowest BCUT2D eigenvalue weighted by atomic mass is 9.86. The number of pyridine rings is 1. The summed E-state index contributed by atoms with van der Waals surface area (Å²) >= 11 is 0. The minimum atomic E-state index is -1.28. The summed E-state index contributed by atoms with van der Waals surface area (Å²) < 4.78 is 0. The van der Waals surface area contributed by atoms with Crippen LogP contribution in [0.5, 0.6) is 0 Å². The van der Waals surface area contributed by atoms with Gasteiger partial charge in [-0.3, -0.25) is 14.6 Å². The van der Waals surface area contributed by atoms with E-state index in [0.29, 0.717) is 30.5 Å². The first-order chi connectivity index (χ1) is 15.7. The van der Waals surface area contributed by atoms with Gasteiger partial charge in [-0.25, -0.2) is 4.79 Å². The van der Waals surface area contributed by atoms with Crippen molar-refractivity contribution in [3.05, 3.63) is 64.5 Å². The molecule has 1 aromatic carbocycles. The van der Waals surface area contributed by atoms with Crippen molar-refractivity contribution >= 4 is 17.8 Å². The smallest absolute Gasteiger partial charge is 0.331 e. The highest BCUT2D eigenvalue weighted by Crippen LogP contribution is 2.36. The average molecular weight is 450 g/mol. The fraction of sp³-hybridized carbons (Fsp3) is 0.462. The first-order valence-electron chi connectivity index (χ1n) is 11.6. The zero-order chi connectivity index (χ0) is 23.9. The van der Waals surface area contributed by atoms with Crippen molar-refractivity contribution in [2.24, 2.45) is 11.8 Å². The van der Waals surface area contributed by atoms with Crippen molar-refractivity contribution in [3.8, 4) is 0 Å². The summed E-state index contributed by atoms with van der Waals surface area (Å²) in [6, 6.07) is 8.61. The number of carboxylic acids is 1. The molecular formula is C26H31N3O4. The molecule has 0 spiro atoms. The Morgan fingerprint density at radius 1 is 1.15 bits per heavy atom. The zero-order valence-electron chi connectivity index (χ0n) is 19.5. The molecule has 1 aromatic heterocycles. The molecule has 2 amide bonds. The lowest BCUT2D eigenvalue weighted by molar-refractivity contribution is -0.164. The Balaban J connectivity index is 1.76. The third-order valence-electron chi connectivity index (χ3n) is 7.20. The Kier molecular flexibility index (Phi) is 6.23. The molecule has 2 heterocycles. The second-order valence-corrected chi connectivity index (χ2v) is 9.37. The molecule has 1 aliphatic heterocycles. The van der Waals surface area contributed by atoms with Gasteiger partial charge in [-0.05, 0) is 55.7 Å². The second kappa shape index (κ2) is 8.96. The number of aryl methyl sites for hydroxylation is 2. The van der Waals surface area contributed by atoms with E-state index in [1.54, 1.807) is 19.1 Å². The van der Waals surface area contributed by atoms with Crippen LogP contribution in [0.1, 0.15) is 54.4 Å². The molecule has 2 unspecified atom stereocenters. The summed E-state index contributed by atoms with van der Waals surface area (Å²) in [5.41, 5.74) is 4.11. The number of hydrogen-bond donors (Lipinski definition) is 2. The van der Waals surface area contributed by atoms with E-state index in [1.807, 2.05) is 45.0 Å². The number of benzene rings is 1. The fourth-order valence-corrected chi connectivity index (χ4v) is 5.30. The maximum absolute atomic E-state index is 14.0. The number of amides is 2. The third kappa shape index (κ3) is 4.12. The van der Waals surface area contributed by atoms with Gasteiger partial charge in [-0.15, -0.1) is 0 Å².